The maximum atomic E-state index is 12.5. The van der Waals surface area contributed by atoms with Crippen molar-refractivity contribution in [1.29, 1.82) is 0 Å². The van der Waals surface area contributed by atoms with E-state index in [-0.39, 0.29) is 6.54 Å². The van der Waals surface area contributed by atoms with E-state index in [1.54, 1.807) is 0 Å². The molecule has 0 aromatic carbocycles. The van der Waals surface area contributed by atoms with Crippen molar-refractivity contribution in [3.8, 4) is 0 Å². The molecule has 1 aromatic rings. The van der Waals surface area contributed by atoms with Crippen LogP contribution < -0.4 is 0 Å². The molecule has 0 fully saturated rings. The van der Waals surface area contributed by atoms with Crippen molar-refractivity contribution in [3.63, 3.8) is 0 Å². The molecule has 0 spiro atoms. The molecule has 96 valence electrons. The fraction of sp³-hybridized carbons (Fsp3) is 0.556. The number of hydrogen-bond donors (Lipinski definition) is 2. The highest BCUT2D eigenvalue weighted by molar-refractivity contribution is 5.88. The molecule has 0 aliphatic rings. The zero-order valence-electron chi connectivity index (χ0n) is 9.12. The molecule has 1 heterocycles. The summed E-state index contributed by atoms with van der Waals surface area (Å²) in [7, 11) is 0. The molecule has 0 atom stereocenters. The minimum absolute atomic E-state index is 0.233. The van der Waals surface area contributed by atoms with E-state index >= 15 is 0 Å². The summed E-state index contributed by atoms with van der Waals surface area (Å²) in [6.07, 6.45) is -4.08. The third-order valence-electron chi connectivity index (χ3n) is 1.81. The van der Waals surface area contributed by atoms with Crippen molar-refractivity contribution < 1.29 is 28.2 Å². The molecule has 1 aromatic heterocycles. The molecule has 17 heavy (non-hydrogen) atoms. The average molecular weight is 252 g/mol. The highest BCUT2D eigenvalue weighted by Crippen LogP contribution is 2.30. The van der Waals surface area contributed by atoms with Gasteiger partial charge >= 0.3 is 12.1 Å². The Morgan fingerprint density at radius 2 is 2.00 bits per heavy atom. The van der Waals surface area contributed by atoms with Crippen molar-refractivity contribution in [2.45, 2.75) is 32.2 Å². The molecule has 0 saturated heterocycles. The number of aliphatic hydroxyl groups is 1. The van der Waals surface area contributed by atoms with Gasteiger partial charge in [-0.15, -0.1) is 0 Å². The number of alkyl halides is 3. The van der Waals surface area contributed by atoms with E-state index in [0.29, 0.717) is 0 Å². The first-order valence-corrected chi connectivity index (χ1v) is 4.61. The fourth-order valence-electron chi connectivity index (χ4n) is 1.26. The summed E-state index contributed by atoms with van der Waals surface area (Å²) in [5, 5.41) is 21.2. The van der Waals surface area contributed by atoms with E-state index in [1.807, 2.05) is 0 Å². The predicted molar refractivity (Wildman–Crippen MR) is 50.5 cm³/mol. The number of carbonyl (C=O) groups is 1. The number of aromatic nitrogens is 2. The Hall–Kier alpha value is -1.57. The minimum Gasteiger partial charge on any atom is -0.478 e. The van der Waals surface area contributed by atoms with Gasteiger partial charge in [0.05, 0.1) is 12.1 Å². The molecule has 0 saturated carbocycles. The molecule has 0 bridgehead atoms. The third kappa shape index (κ3) is 3.45. The molecule has 5 nitrogen and oxygen atoms in total. The van der Waals surface area contributed by atoms with Gasteiger partial charge in [-0.25, -0.2) is 4.79 Å². The Balaban J connectivity index is 3.18. The molecule has 1 rings (SSSR count). The topological polar surface area (TPSA) is 75.4 Å². The summed E-state index contributed by atoms with van der Waals surface area (Å²) in [6, 6.07) is 0. The first-order valence-electron chi connectivity index (χ1n) is 4.61. The largest absolute Gasteiger partial charge is 0.478 e. The van der Waals surface area contributed by atoms with Gasteiger partial charge in [-0.1, -0.05) is 0 Å². The first-order chi connectivity index (χ1) is 7.50. The van der Waals surface area contributed by atoms with Crippen molar-refractivity contribution in [2.24, 2.45) is 0 Å². The van der Waals surface area contributed by atoms with Gasteiger partial charge < -0.3 is 10.2 Å². The van der Waals surface area contributed by atoms with Crippen molar-refractivity contribution in [3.05, 3.63) is 17.5 Å². The van der Waals surface area contributed by atoms with Gasteiger partial charge in [-0.3, -0.25) is 4.68 Å². The number of carboxylic acid groups (broad SMARTS) is 1. The summed E-state index contributed by atoms with van der Waals surface area (Å²) in [5.74, 6) is -1.71. The second-order valence-electron chi connectivity index (χ2n) is 4.20. The van der Waals surface area contributed by atoms with E-state index in [1.165, 1.54) is 13.8 Å². The highest BCUT2D eigenvalue weighted by atomic mass is 19.4. The van der Waals surface area contributed by atoms with Crippen LogP contribution in [-0.4, -0.2) is 31.6 Å². The van der Waals surface area contributed by atoms with Crippen LogP contribution in [0.25, 0.3) is 0 Å². The van der Waals surface area contributed by atoms with Crippen LogP contribution in [0.15, 0.2) is 6.20 Å². The smallest absolute Gasteiger partial charge is 0.436 e. The Kier molecular flexibility index (Phi) is 3.19. The standard InChI is InChI=1S/C9H11F3N2O3/c1-8(2,17)4-14-3-5(7(15)16)6(13-14)9(10,11)12/h3,17H,4H2,1-2H3,(H,15,16). The van der Waals surface area contributed by atoms with Crippen molar-refractivity contribution in [1.82, 2.24) is 9.78 Å². The fourth-order valence-corrected chi connectivity index (χ4v) is 1.26. The van der Waals surface area contributed by atoms with E-state index in [0.717, 1.165) is 10.9 Å². The van der Waals surface area contributed by atoms with Gasteiger partial charge in [0.25, 0.3) is 0 Å². The lowest BCUT2D eigenvalue weighted by molar-refractivity contribution is -0.142. The summed E-state index contributed by atoms with van der Waals surface area (Å²) in [5.41, 5.74) is -3.68. The Morgan fingerprint density at radius 3 is 2.29 bits per heavy atom. The van der Waals surface area contributed by atoms with E-state index in [2.05, 4.69) is 5.10 Å². The maximum absolute atomic E-state index is 12.5. The van der Waals surface area contributed by atoms with Gasteiger partial charge in [-0.2, -0.15) is 18.3 Å². The normalized spacial score (nSPS) is 12.8. The molecule has 0 aliphatic heterocycles. The highest BCUT2D eigenvalue weighted by Gasteiger charge is 2.39. The lowest BCUT2D eigenvalue weighted by Crippen LogP contribution is -2.26. The van der Waals surface area contributed by atoms with Crippen LogP contribution in [0.1, 0.15) is 29.9 Å². The molecular weight excluding hydrogens is 241 g/mol. The summed E-state index contributed by atoms with van der Waals surface area (Å²) < 4.78 is 38.1. The number of nitrogens with zero attached hydrogens (tertiary/aromatic N) is 2. The van der Waals surface area contributed by atoms with Crippen LogP contribution in [-0.2, 0) is 12.7 Å². The number of rotatable bonds is 3. The molecular formula is C9H11F3N2O3. The van der Waals surface area contributed by atoms with Gasteiger partial charge in [0.15, 0.2) is 5.69 Å². The van der Waals surface area contributed by atoms with Crippen molar-refractivity contribution >= 4 is 5.97 Å². The number of aromatic carboxylic acids is 1. The molecule has 0 amide bonds. The Morgan fingerprint density at radius 1 is 1.47 bits per heavy atom. The van der Waals surface area contributed by atoms with Crippen LogP contribution >= 0.6 is 0 Å². The zero-order valence-corrected chi connectivity index (χ0v) is 9.12. The van der Waals surface area contributed by atoms with Gasteiger partial charge in [0, 0.05) is 6.20 Å². The van der Waals surface area contributed by atoms with E-state index < -0.39 is 29.0 Å². The number of carboxylic acids is 1. The first kappa shape index (κ1) is 13.5. The minimum atomic E-state index is -4.83. The third-order valence-corrected chi connectivity index (χ3v) is 1.81. The maximum Gasteiger partial charge on any atom is 0.436 e. The summed E-state index contributed by atoms with van der Waals surface area (Å²) >= 11 is 0. The molecule has 2 N–H and O–H groups in total. The number of hydrogen-bond acceptors (Lipinski definition) is 3. The lowest BCUT2D eigenvalue weighted by atomic mass is 10.1. The second kappa shape index (κ2) is 4.02. The van der Waals surface area contributed by atoms with Crippen LogP contribution in [0, 0.1) is 0 Å². The monoisotopic (exact) mass is 252 g/mol. The van der Waals surface area contributed by atoms with E-state index in [9.17, 15) is 23.1 Å². The Labute approximate surface area is 94.5 Å². The summed E-state index contributed by atoms with van der Waals surface area (Å²) in [6.45, 7) is 2.52. The van der Waals surface area contributed by atoms with Gasteiger partial charge in [0.2, 0.25) is 0 Å². The SMILES string of the molecule is CC(C)(O)Cn1cc(C(=O)O)c(C(F)(F)F)n1. The quantitative estimate of drug-likeness (QED) is 0.851. The molecule has 0 unspecified atom stereocenters. The van der Waals surface area contributed by atoms with Gasteiger partial charge in [0.1, 0.15) is 5.56 Å². The molecule has 0 radical (unpaired) electrons. The van der Waals surface area contributed by atoms with E-state index in [4.69, 9.17) is 5.11 Å². The Bertz CT molecular complexity index is 432. The zero-order chi connectivity index (χ0) is 13.4. The van der Waals surface area contributed by atoms with Crippen LogP contribution in [0.4, 0.5) is 13.2 Å². The van der Waals surface area contributed by atoms with Crippen LogP contribution in [0.5, 0.6) is 0 Å². The number of halogens is 3. The average Bonchev–Trinajstić information content (AvgIpc) is 2.43. The van der Waals surface area contributed by atoms with Crippen LogP contribution in [0.3, 0.4) is 0 Å². The molecule has 8 heteroatoms. The van der Waals surface area contributed by atoms with Crippen LogP contribution in [0.2, 0.25) is 0 Å². The molecule has 0 aliphatic carbocycles. The predicted octanol–water partition coefficient (Wildman–Crippen LogP) is 1.37. The summed E-state index contributed by atoms with van der Waals surface area (Å²) in [4.78, 5) is 10.6. The second-order valence-corrected chi connectivity index (χ2v) is 4.20. The van der Waals surface area contributed by atoms with Crippen molar-refractivity contribution in [2.75, 3.05) is 0 Å². The lowest BCUT2D eigenvalue weighted by Gasteiger charge is -2.16. The van der Waals surface area contributed by atoms with Gasteiger partial charge in [-0.05, 0) is 13.8 Å².